The Bertz CT molecular complexity index is 818. The second-order valence-electron chi connectivity index (χ2n) is 5.29. The Labute approximate surface area is 167 Å². The Morgan fingerprint density at radius 3 is 2.37 bits per heavy atom. The summed E-state index contributed by atoms with van der Waals surface area (Å²) in [7, 11) is 1.28. The monoisotopic (exact) mass is 459 g/mol. The van der Waals surface area contributed by atoms with Crippen LogP contribution in [0.4, 0.5) is 14.5 Å². The Balaban J connectivity index is 1.98. The summed E-state index contributed by atoms with van der Waals surface area (Å²) in [5.74, 6) is -3.01. The molecule has 9 heteroatoms. The van der Waals surface area contributed by atoms with Crippen molar-refractivity contribution in [1.82, 2.24) is 0 Å². The first-order valence-electron chi connectivity index (χ1n) is 7.70. The van der Waals surface area contributed by atoms with E-state index in [2.05, 4.69) is 26.0 Å². The van der Waals surface area contributed by atoms with Gasteiger partial charge in [0.2, 0.25) is 0 Å². The van der Waals surface area contributed by atoms with E-state index in [0.29, 0.717) is 38.1 Å². The summed E-state index contributed by atoms with van der Waals surface area (Å²) < 4.78 is 35.4. The SMILES string of the molecule is COC(=O)c1ccc(OC(C)C(=O)Nc2ccc(SC(F)F)cc2)c(Br)c1. The van der Waals surface area contributed by atoms with Gasteiger partial charge in [0.25, 0.3) is 11.7 Å². The van der Waals surface area contributed by atoms with Crippen LogP contribution in [0.2, 0.25) is 0 Å². The third-order valence-electron chi connectivity index (χ3n) is 3.37. The highest BCUT2D eigenvalue weighted by atomic mass is 79.9. The average Bonchev–Trinajstić information content (AvgIpc) is 2.63. The van der Waals surface area contributed by atoms with Gasteiger partial charge in [-0.3, -0.25) is 4.79 Å². The lowest BCUT2D eigenvalue weighted by atomic mass is 10.2. The number of carbonyl (C=O) groups excluding carboxylic acids is 2. The topological polar surface area (TPSA) is 64.6 Å². The zero-order chi connectivity index (χ0) is 20.0. The number of halogens is 3. The number of hydrogen-bond acceptors (Lipinski definition) is 5. The second-order valence-corrected chi connectivity index (χ2v) is 7.21. The van der Waals surface area contributed by atoms with Gasteiger partial charge in [-0.15, -0.1) is 0 Å². The highest BCUT2D eigenvalue weighted by Gasteiger charge is 2.17. The number of thioether (sulfide) groups is 1. The number of nitrogens with one attached hydrogen (secondary N) is 1. The molecule has 0 saturated heterocycles. The molecule has 27 heavy (non-hydrogen) atoms. The number of rotatable bonds is 7. The van der Waals surface area contributed by atoms with Crippen LogP contribution in [0, 0.1) is 0 Å². The molecule has 144 valence electrons. The molecule has 2 rings (SSSR count). The van der Waals surface area contributed by atoms with E-state index in [4.69, 9.17) is 4.74 Å². The number of anilines is 1. The van der Waals surface area contributed by atoms with E-state index in [1.165, 1.54) is 43.5 Å². The molecule has 0 aromatic heterocycles. The number of benzene rings is 2. The normalized spacial score (nSPS) is 11.8. The van der Waals surface area contributed by atoms with Crippen LogP contribution in [0.5, 0.6) is 5.75 Å². The van der Waals surface area contributed by atoms with Crippen molar-refractivity contribution in [3.05, 3.63) is 52.5 Å². The number of carbonyl (C=O) groups is 2. The summed E-state index contributed by atoms with van der Waals surface area (Å²) in [6.07, 6.45) is -0.833. The Morgan fingerprint density at radius 2 is 1.81 bits per heavy atom. The van der Waals surface area contributed by atoms with Crippen molar-refractivity contribution in [3.8, 4) is 5.75 Å². The van der Waals surface area contributed by atoms with Crippen LogP contribution >= 0.6 is 27.7 Å². The van der Waals surface area contributed by atoms with Crippen LogP contribution in [-0.4, -0.2) is 30.8 Å². The maximum Gasteiger partial charge on any atom is 0.337 e. The lowest BCUT2D eigenvalue weighted by Crippen LogP contribution is -2.30. The third kappa shape index (κ3) is 6.21. The van der Waals surface area contributed by atoms with Crippen LogP contribution in [0.3, 0.4) is 0 Å². The Morgan fingerprint density at radius 1 is 1.15 bits per heavy atom. The lowest BCUT2D eigenvalue weighted by Gasteiger charge is -2.16. The fourth-order valence-corrected chi connectivity index (χ4v) is 3.02. The highest BCUT2D eigenvalue weighted by molar-refractivity contribution is 9.10. The number of methoxy groups -OCH3 is 1. The molecule has 0 spiro atoms. The average molecular weight is 460 g/mol. The van der Waals surface area contributed by atoms with Crippen molar-refractivity contribution in [1.29, 1.82) is 0 Å². The standard InChI is InChI=1S/C18H16BrF2NO4S/c1-10(26-15-8-3-11(9-14(15)19)17(24)25-2)16(23)22-12-4-6-13(7-5-12)27-18(20)21/h3-10,18H,1-2H3,(H,22,23). The first-order valence-corrected chi connectivity index (χ1v) is 9.37. The third-order valence-corrected chi connectivity index (χ3v) is 4.72. The predicted octanol–water partition coefficient (Wildman–Crippen LogP) is 4.96. The van der Waals surface area contributed by atoms with E-state index in [0.717, 1.165) is 0 Å². The van der Waals surface area contributed by atoms with Crippen LogP contribution in [0.25, 0.3) is 0 Å². The molecule has 0 bridgehead atoms. The number of amides is 1. The first kappa shape index (κ1) is 21.2. The van der Waals surface area contributed by atoms with Gasteiger partial charge in [-0.2, -0.15) is 8.78 Å². The summed E-state index contributed by atoms with van der Waals surface area (Å²) in [5.41, 5.74) is 0.810. The second kappa shape index (κ2) is 9.70. The summed E-state index contributed by atoms with van der Waals surface area (Å²) in [6.45, 7) is 1.57. The number of alkyl halides is 2. The molecule has 0 saturated carbocycles. The van der Waals surface area contributed by atoms with Gasteiger partial charge in [0.15, 0.2) is 6.10 Å². The Hall–Kier alpha value is -2.13. The van der Waals surface area contributed by atoms with Gasteiger partial charge in [-0.05, 0) is 65.3 Å². The van der Waals surface area contributed by atoms with E-state index in [9.17, 15) is 18.4 Å². The van der Waals surface area contributed by atoms with Crippen LogP contribution in [-0.2, 0) is 9.53 Å². The van der Waals surface area contributed by atoms with Gasteiger partial charge in [0, 0.05) is 10.6 Å². The van der Waals surface area contributed by atoms with Gasteiger partial charge in [-0.25, -0.2) is 4.79 Å². The maximum atomic E-state index is 12.3. The van der Waals surface area contributed by atoms with E-state index >= 15 is 0 Å². The molecule has 0 aliphatic heterocycles. The van der Waals surface area contributed by atoms with Crippen LogP contribution in [0.15, 0.2) is 51.8 Å². The van der Waals surface area contributed by atoms with Gasteiger partial charge in [-0.1, -0.05) is 11.8 Å². The summed E-state index contributed by atoms with van der Waals surface area (Å²) in [6, 6.07) is 10.7. The van der Waals surface area contributed by atoms with E-state index in [1.54, 1.807) is 13.0 Å². The number of esters is 1. The smallest absolute Gasteiger partial charge is 0.337 e. The van der Waals surface area contributed by atoms with Gasteiger partial charge in [0.1, 0.15) is 5.75 Å². The summed E-state index contributed by atoms with van der Waals surface area (Å²) in [5, 5.41) is 2.65. The molecule has 0 aliphatic carbocycles. The molecular formula is C18H16BrF2NO4S. The molecule has 0 radical (unpaired) electrons. The van der Waals surface area contributed by atoms with Crippen molar-refractivity contribution in [2.24, 2.45) is 0 Å². The quantitative estimate of drug-likeness (QED) is 0.468. The van der Waals surface area contributed by atoms with Gasteiger partial charge >= 0.3 is 5.97 Å². The molecule has 2 aromatic carbocycles. The molecule has 1 atom stereocenters. The molecule has 5 nitrogen and oxygen atoms in total. The van der Waals surface area contributed by atoms with Crippen LogP contribution in [0.1, 0.15) is 17.3 Å². The van der Waals surface area contributed by atoms with Crippen molar-refractivity contribution in [2.45, 2.75) is 23.7 Å². The summed E-state index contributed by atoms with van der Waals surface area (Å²) in [4.78, 5) is 24.2. The molecule has 1 amide bonds. The first-order chi connectivity index (χ1) is 12.8. The maximum absolute atomic E-state index is 12.3. The minimum atomic E-state index is -2.50. The molecule has 0 aliphatic rings. The van der Waals surface area contributed by atoms with Crippen molar-refractivity contribution >= 4 is 45.3 Å². The molecule has 1 unspecified atom stereocenters. The van der Waals surface area contributed by atoms with Crippen LogP contribution < -0.4 is 10.1 Å². The molecular weight excluding hydrogens is 444 g/mol. The predicted molar refractivity (Wildman–Crippen MR) is 103 cm³/mol. The van der Waals surface area contributed by atoms with E-state index in [1.807, 2.05) is 0 Å². The lowest BCUT2D eigenvalue weighted by molar-refractivity contribution is -0.122. The Kier molecular flexibility index (Phi) is 7.61. The van der Waals surface area contributed by atoms with Crippen molar-refractivity contribution in [3.63, 3.8) is 0 Å². The molecule has 2 aromatic rings. The fraction of sp³-hybridized carbons (Fsp3) is 0.222. The largest absolute Gasteiger partial charge is 0.480 e. The minimum absolute atomic E-state index is 0.343. The fourth-order valence-electron chi connectivity index (χ4n) is 2.05. The number of ether oxygens (including phenoxy) is 2. The molecule has 1 N–H and O–H groups in total. The summed E-state index contributed by atoms with van der Waals surface area (Å²) >= 11 is 3.72. The van der Waals surface area contributed by atoms with Gasteiger partial charge in [0.05, 0.1) is 17.1 Å². The van der Waals surface area contributed by atoms with Crippen molar-refractivity contribution < 1.29 is 27.8 Å². The zero-order valence-corrected chi connectivity index (χ0v) is 16.8. The molecule has 0 heterocycles. The van der Waals surface area contributed by atoms with Crippen molar-refractivity contribution in [2.75, 3.05) is 12.4 Å². The number of hydrogen-bond donors (Lipinski definition) is 1. The van der Waals surface area contributed by atoms with E-state index < -0.39 is 23.7 Å². The highest BCUT2D eigenvalue weighted by Crippen LogP contribution is 2.28. The van der Waals surface area contributed by atoms with E-state index in [-0.39, 0.29) is 0 Å². The van der Waals surface area contributed by atoms with Gasteiger partial charge < -0.3 is 14.8 Å². The zero-order valence-electron chi connectivity index (χ0n) is 14.4. The molecule has 0 fully saturated rings. The minimum Gasteiger partial charge on any atom is -0.480 e.